The van der Waals surface area contributed by atoms with Crippen molar-refractivity contribution in [2.24, 2.45) is 5.92 Å². The van der Waals surface area contributed by atoms with Crippen LogP contribution in [0.2, 0.25) is 0 Å². The Morgan fingerprint density at radius 1 is 0.933 bits per heavy atom. The Labute approximate surface area is 342 Å². The molecule has 2 saturated heterocycles. The number of nitrogens with one attached hydrogen (secondary N) is 1. The number of hydrogen-bond acceptors (Lipinski definition) is 9. The Balaban J connectivity index is 1.07. The summed E-state index contributed by atoms with van der Waals surface area (Å²) in [4.78, 5) is 80.8. The lowest BCUT2D eigenvalue weighted by molar-refractivity contribution is -0.136. The van der Waals surface area contributed by atoms with E-state index in [1.165, 1.54) is 15.0 Å². The highest BCUT2D eigenvalue weighted by atomic mass is 16.5. The van der Waals surface area contributed by atoms with Gasteiger partial charge in [0.15, 0.2) is 5.82 Å². The van der Waals surface area contributed by atoms with Gasteiger partial charge in [-0.25, -0.2) is 19.1 Å². The van der Waals surface area contributed by atoms with E-state index in [0.717, 1.165) is 23.7 Å². The molecular formula is C44H42N8O8. The van der Waals surface area contributed by atoms with E-state index in [0.29, 0.717) is 71.8 Å². The third-order valence-corrected chi connectivity index (χ3v) is 12.7. The van der Waals surface area contributed by atoms with Crippen molar-refractivity contribution in [3.63, 3.8) is 0 Å². The number of carbonyl (C=O) groups excluding carboxylic acids is 2. The van der Waals surface area contributed by atoms with Gasteiger partial charge in [-0.05, 0) is 85.0 Å². The number of ether oxygens (including phenoxy) is 1. The number of benzene rings is 3. The van der Waals surface area contributed by atoms with E-state index in [4.69, 9.17) is 14.2 Å². The lowest BCUT2D eigenvalue weighted by Gasteiger charge is -2.31. The average Bonchev–Trinajstić information content (AvgIpc) is 3.58. The number of rotatable bonds is 9. The normalized spacial score (nSPS) is 20.5. The minimum Gasteiger partial charge on any atom is -0.481 e. The zero-order valence-corrected chi connectivity index (χ0v) is 32.9. The van der Waals surface area contributed by atoms with E-state index >= 15 is 4.79 Å². The van der Waals surface area contributed by atoms with Gasteiger partial charge in [-0.1, -0.05) is 54.5 Å². The van der Waals surface area contributed by atoms with Crippen LogP contribution in [0.1, 0.15) is 70.8 Å². The lowest BCUT2D eigenvalue weighted by Crippen LogP contribution is -2.43. The predicted octanol–water partition coefficient (Wildman–Crippen LogP) is 4.81. The first-order valence-corrected chi connectivity index (χ1v) is 20.3. The van der Waals surface area contributed by atoms with Crippen LogP contribution in [0.5, 0.6) is 0 Å². The molecule has 6 aromatic rings. The first-order chi connectivity index (χ1) is 29.1. The van der Waals surface area contributed by atoms with Crippen molar-refractivity contribution in [2.75, 3.05) is 42.6 Å². The number of hydrogen-bond donors (Lipinski definition) is 2. The summed E-state index contributed by atoms with van der Waals surface area (Å²) < 4.78 is 14.0. The summed E-state index contributed by atoms with van der Waals surface area (Å²) in [6.45, 7) is 4.15. The van der Waals surface area contributed by atoms with Crippen molar-refractivity contribution in [1.82, 2.24) is 29.2 Å². The van der Waals surface area contributed by atoms with Crippen LogP contribution in [0, 0.1) is 5.92 Å². The molecule has 0 spiro atoms. The molecule has 1 aliphatic carbocycles. The van der Waals surface area contributed by atoms with E-state index in [1.807, 2.05) is 54.0 Å². The number of aromatic nitrogens is 5. The number of carboxylic acids is 1. The number of carbonyl (C=O) groups is 3. The molecule has 0 bridgehead atoms. The molecule has 6 heterocycles. The van der Waals surface area contributed by atoms with Crippen LogP contribution in [-0.4, -0.2) is 85.0 Å². The maximum atomic E-state index is 15.1. The summed E-state index contributed by atoms with van der Waals surface area (Å²) >= 11 is 0. The monoisotopic (exact) mass is 810 g/mol. The van der Waals surface area contributed by atoms with Crippen LogP contribution >= 0.6 is 0 Å². The molecule has 1 saturated carbocycles. The van der Waals surface area contributed by atoms with E-state index in [-0.39, 0.29) is 56.3 Å². The second-order valence-corrected chi connectivity index (χ2v) is 16.1. The molecule has 16 heteroatoms. The number of amides is 3. The van der Waals surface area contributed by atoms with Crippen molar-refractivity contribution in [3.8, 4) is 5.69 Å². The molecule has 3 aliphatic heterocycles. The fourth-order valence-corrected chi connectivity index (χ4v) is 9.50. The number of aliphatic carboxylic acids is 1. The molecule has 3 aromatic heterocycles. The van der Waals surface area contributed by atoms with Crippen molar-refractivity contribution < 1.29 is 28.8 Å². The molecule has 2 N–H and O–H groups in total. The molecule has 3 aromatic carbocycles. The summed E-state index contributed by atoms with van der Waals surface area (Å²) in [6, 6.07) is 23.7. The molecule has 1 unspecified atom stereocenters. The highest BCUT2D eigenvalue weighted by Crippen LogP contribution is 2.56. The first-order valence-electron chi connectivity index (χ1n) is 20.3. The predicted molar refractivity (Wildman–Crippen MR) is 219 cm³/mol. The van der Waals surface area contributed by atoms with E-state index < -0.39 is 22.8 Å². The number of aromatic amines is 1. The van der Waals surface area contributed by atoms with Crippen LogP contribution in [0.15, 0.2) is 93.0 Å². The Bertz CT molecular complexity index is 2820. The maximum absolute atomic E-state index is 15.1. The second-order valence-electron chi connectivity index (χ2n) is 16.1. The first kappa shape index (κ1) is 37.5. The number of urea groups is 1. The standard InChI is InChI=1S/C44H42N8O8/c1-26-24-44(26,40-46-42(57)60-47-40)52-35-12-11-28(27-14-19-59-20-15-27)21-30(35)22-36(52)39(56)48-16-13-32-33(25-48)45-41(50-18-17-49(43(50)58)31-8-3-2-4-9-31)51(38(32)55)34-10-6-5-7-29(34)23-37(53)54/h2-12,21-22,26-27H,13-20,23-25H2,1H3,(H,53,54)(H,46,47,57)/t26-,44?/m0/s1. The molecule has 10 rings (SSSR count). The van der Waals surface area contributed by atoms with Crippen LogP contribution in [-0.2, 0) is 34.5 Å². The average molecular weight is 811 g/mol. The van der Waals surface area contributed by atoms with Gasteiger partial charge in [0.05, 0.1) is 24.3 Å². The fraction of sp³-hybridized carbons (Fsp3) is 0.341. The Morgan fingerprint density at radius 2 is 1.68 bits per heavy atom. The zero-order chi connectivity index (χ0) is 41.3. The van der Waals surface area contributed by atoms with E-state index in [9.17, 15) is 24.3 Å². The smallest absolute Gasteiger partial charge is 0.438 e. The molecule has 306 valence electrons. The molecule has 16 nitrogen and oxygen atoms in total. The van der Waals surface area contributed by atoms with Crippen molar-refractivity contribution >= 4 is 40.4 Å². The van der Waals surface area contributed by atoms with Gasteiger partial charge in [0.25, 0.3) is 11.5 Å². The second kappa shape index (κ2) is 14.5. The van der Waals surface area contributed by atoms with Gasteiger partial charge >= 0.3 is 17.8 Å². The largest absolute Gasteiger partial charge is 0.481 e. The topological polar surface area (TPSA) is 189 Å². The van der Waals surface area contributed by atoms with Gasteiger partial charge in [0.1, 0.15) is 11.2 Å². The summed E-state index contributed by atoms with van der Waals surface area (Å²) in [7, 11) is 0. The van der Waals surface area contributed by atoms with Gasteiger partial charge in [0.2, 0.25) is 5.95 Å². The molecular weight excluding hydrogens is 769 g/mol. The number of nitrogens with zero attached hydrogens (tertiary/aromatic N) is 7. The highest BCUT2D eigenvalue weighted by molar-refractivity contribution is 6.05. The van der Waals surface area contributed by atoms with Gasteiger partial charge in [-0.2, -0.15) is 0 Å². The number of anilines is 2. The van der Waals surface area contributed by atoms with Crippen molar-refractivity contribution in [2.45, 2.75) is 57.0 Å². The quantitative estimate of drug-likeness (QED) is 0.205. The minimum absolute atomic E-state index is 0.0119. The van der Waals surface area contributed by atoms with Gasteiger partial charge < -0.3 is 19.3 Å². The maximum Gasteiger partial charge on any atom is 0.438 e. The number of H-pyrrole nitrogens is 1. The minimum atomic E-state index is -1.07. The van der Waals surface area contributed by atoms with Crippen molar-refractivity contribution in [3.05, 3.63) is 134 Å². The fourth-order valence-electron chi connectivity index (χ4n) is 9.50. The Hall–Kier alpha value is -6.81. The summed E-state index contributed by atoms with van der Waals surface area (Å²) in [5.41, 5.74) is 3.25. The third-order valence-electron chi connectivity index (χ3n) is 12.7. The van der Waals surface area contributed by atoms with Crippen LogP contribution in [0.3, 0.4) is 0 Å². The zero-order valence-electron chi connectivity index (χ0n) is 32.9. The molecule has 3 fully saturated rings. The van der Waals surface area contributed by atoms with Crippen LogP contribution in [0.25, 0.3) is 16.6 Å². The van der Waals surface area contributed by atoms with Gasteiger partial charge in [-0.3, -0.25) is 33.7 Å². The number of carboxylic acid groups (broad SMARTS) is 1. The SMILES string of the molecule is C[C@H]1CC1(c1noc(=O)[nH]1)n1c(C(=O)N2CCc3c(nc(N4CCN(c5ccccc5)C4=O)n(-c4ccccc4CC(=O)O)c3=O)C2)cc2cc(C3CCOCC3)ccc21. The number of fused-ring (bicyclic) bond motifs is 2. The van der Waals surface area contributed by atoms with Gasteiger partial charge in [0, 0.05) is 55.0 Å². The van der Waals surface area contributed by atoms with Crippen LogP contribution < -0.4 is 21.1 Å². The molecule has 3 amide bonds. The molecule has 0 radical (unpaired) electrons. The number of para-hydroxylation sites is 2. The Morgan fingerprint density at radius 3 is 2.42 bits per heavy atom. The van der Waals surface area contributed by atoms with E-state index in [2.05, 4.69) is 22.3 Å². The third kappa shape index (κ3) is 6.12. The summed E-state index contributed by atoms with van der Waals surface area (Å²) in [5.74, 6) is -1.31. The van der Waals surface area contributed by atoms with Crippen molar-refractivity contribution in [1.29, 1.82) is 0 Å². The highest BCUT2D eigenvalue weighted by Gasteiger charge is 2.59. The summed E-state index contributed by atoms with van der Waals surface area (Å²) in [5, 5.41) is 14.8. The molecule has 60 heavy (non-hydrogen) atoms. The molecule has 2 atom stereocenters. The van der Waals surface area contributed by atoms with Crippen LogP contribution in [0.4, 0.5) is 16.4 Å². The van der Waals surface area contributed by atoms with E-state index in [1.54, 1.807) is 34.1 Å². The summed E-state index contributed by atoms with van der Waals surface area (Å²) in [6.07, 6.45) is 2.24. The molecule has 4 aliphatic rings. The lowest BCUT2D eigenvalue weighted by atomic mass is 9.91. The van der Waals surface area contributed by atoms with Gasteiger partial charge in [-0.15, -0.1) is 0 Å². The Kier molecular flexibility index (Phi) is 9.04.